The minimum absolute atomic E-state index is 0.0770. The molecule has 100 valence electrons. The van der Waals surface area contributed by atoms with Gasteiger partial charge in [-0.25, -0.2) is 0 Å². The van der Waals surface area contributed by atoms with Crippen LogP contribution in [-0.4, -0.2) is 22.4 Å². The van der Waals surface area contributed by atoms with E-state index in [1.807, 2.05) is 37.3 Å². The van der Waals surface area contributed by atoms with Gasteiger partial charge >= 0.3 is 0 Å². The first-order valence-corrected chi connectivity index (χ1v) is 6.95. The van der Waals surface area contributed by atoms with Crippen molar-refractivity contribution >= 4 is 17.4 Å². The molecular formula is C15H21ClO2. The van der Waals surface area contributed by atoms with Crippen molar-refractivity contribution in [3.8, 4) is 0 Å². The van der Waals surface area contributed by atoms with Gasteiger partial charge in [0, 0.05) is 12.8 Å². The van der Waals surface area contributed by atoms with Crippen molar-refractivity contribution in [3.63, 3.8) is 0 Å². The molecule has 1 rings (SSSR count). The topological polar surface area (TPSA) is 37.3 Å². The Labute approximate surface area is 114 Å². The maximum Gasteiger partial charge on any atom is 0.135 e. The zero-order chi connectivity index (χ0) is 13.4. The molecular weight excluding hydrogens is 248 g/mol. The van der Waals surface area contributed by atoms with Gasteiger partial charge in [-0.2, -0.15) is 0 Å². The van der Waals surface area contributed by atoms with Crippen LogP contribution in [0.15, 0.2) is 30.3 Å². The predicted molar refractivity (Wildman–Crippen MR) is 74.9 cm³/mol. The maximum absolute atomic E-state index is 11.7. The van der Waals surface area contributed by atoms with E-state index < -0.39 is 6.10 Å². The quantitative estimate of drug-likeness (QED) is 0.734. The predicted octanol–water partition coefficient (Wildman–Crippen LogP) is 3.35. The second kappa shape index (κ2) is 8.28. The van der Waals surface area contributed by atoms with Crippen molar-refractivity contribution in [2.75, 3.05) is 0 Å². The molecule has 0 aliphatic heterocycles. The van der Waals surface area contributed by atoms with Gasteiger partial charge in [-0.05, 0) is 18.4 Å². The Balaban J connectivity index is 2.29. The van der Waals surface area contributed by atoms with Crippen LogP contribution in [0, 0.1) is 0 Å². The molecule has 0 unspecified atom stereocenters. The Bertz CT molecular complexity index is 351. The van der Waals surface area contributed by atoms with Gasteiger partial charge in [0.1, 0.15) is 5.78 Å². The van der Waals surface area contributed by atoms with Crippen molar-refractivity contribution < 1.29 is 9.90 Å². The number of ketones is 1. The summed E-state index contributed by atoms with van der Waals surface area (Å²) in [5.41, 5.74) is 1.15. The van der Waals surface area contributed by atoms with Crippen molar-refractivity contribution in [2.24, 2.45) is 0 Å². The van der Waals surface area contributed by atoms with Gasteiger partial charge in [0.05, 0.1) is 11.5 Å². The van der Waals surface area contributed by atoms with Crippen molar-refractivity contribution in [1.82, 2.24) is 0 Å². The lowest BCUT2D eigenvalue weighted by Gasteiger charge is -2.15. The fourth-order valence-corrected chi connectivity index (χ4v) is 2.17. The molecule has 18 heavy (non-hydrogen) atoms. The highest BCUT2D eigenvalue weighted by Crippen LogP contribution is 2.14. The summed E-state index contributed by atoms with van der Waals surface area (Å²) in [6, 6.07) is 9.89. The third kappa shape index (κ3) is 5.65. The summed E-state index contributed by atoms with van der Waals surface area (Å²) >= 11 is 5.99. The van der Waals surface area contributed by atoms with Crippen LogP contribution in [0.2, 0.25) is 0 Å². The molecule has 0 spiro atoms. The van der Waals surface area contributed by atoms with E-state index in [2.05, 4.69) is 0 Å². The molecule has 0 aliphatic carbocycles. The number of carbonyl (C=O) groups excluding carboxylic acids is 1. The zero-order valence-electron chi connectivity index (χ0n) is 10.8. The van der Waals surface area contributed by atoms with Crippen LogP contribution in [-0.2, 0) is 11.2 Å². The van der Waals surface area contributed by atoms with Gasteiger partial charge in [0.25, 0.3) is 0 Å². The lowest BCUT2D eigenvalue weighted by atomic mass is 10.0. The van der Waals surface area contributed by atoms with Crippen molar-refractivity contribution in [2.45, 2.75) is 50.5 Å². The number of halogens is 1. The molecule has 0 aliphatic rings. The number of hydrogen-bond acceptors (Lipinski definition) is 2. The van der Waals surface area contributed by atoms with E-state index in [1.54, 1.807) is 0 Å². The second-order valence-corrected chi connectivity index (χ2v) is 5.16. The van der Waals surface area contributed by atoms with Gasteiger partial charge in [-0.15, -0.1) is 11.6 Å². The summed E-state index contributed by atoms with van der Waals surface area (Å²) in [4.78, 5) is 11.7. The Morgan fingerprint density at radius 3 is 2.61 bits per heavy atom. The normalized spacial score (nSPS) is 14.2. The largest absolute Gasteiger partial charge is 0.391 e. The van der Waals surface area contributed by atoms with Crippen LogP contribution in [0.4, 0.5) is 0 Å². The first-order valence-electron chi connectivity index (χ1n) is 6.51. The Hall–Kier alpha value is -0.860. The van der Waals surface area contributed by atoms with Crippen LogP contribution in [0.3, 0.4) is 0 Å². The van der Waals surface area contributed by atoms with Gasteiger partial charge in [-0.1, -0.05) is 43.7 Å². The number of aliphatic hydroxyl groups excluding tert-OH is 1. The van der Waals surface area contributed by atoms with Gasteiger partial charge < -0.3 is 5.11 Å². The first kappa shape index (κ1) is 15.2. The summed E-state index contributed by atoms with van der Waals surface area (Å²) in [5.74, 6) is 0.0770. The number of alkyl halides is 1. The molecule has 0 fully saturated rings. The minimum atomic E-state index is -0.713. The van der Waals surface area contributed by atoms with Crippen LogP contribution in [0.25, 0.3) is 0 Å². The lowest BCUT2D eigenvalue weighted by molar-refractivity contribution is -0.120. The molecule has 0 radical (unpaired) electrons. The average molecular weight is 269 g/mol. The first-order chi connectivity index (χ1) is 8.63. The van der Waals surface area contributed by atoms with E-state index in [-0.39, 0.29) is 17.6 Å². The van der Waals surface area contributed by atoms with Crippen molar-refractivity contribution in [1.29, 1.82) is 0 Å². The molecule has 0 aromatic heterocycles. The summed E-state index contributed by atoms with van der Waals surface area (Å²) in [5, 5.41) is 9.45. The molecule has 0 saturated carbocycles. The van der Waals surface area contributed by atoms with E-state index in [0.29, 0.717) is 6.42 Å². The molecule has 1 aromatic rings. The van der Waals surface area contributed by atoms with Crippen LogP contribution < -0.4 is 0 Å². The number of benzene rings is 1. The van der Waals surface area contributed by atoms with Crippen molar-refractivity contribution in [3.05, 3.63) is 35.9 Å². The Morgan fingerprint density at radius 2 is 2.00 bits per heavy atom. The Kier molecular flexibility index (Phi) is 6.99. The molecule has 0 heterocycles. The molecule has 3 heteroatoms. The van der Waals surface area contributed by atoms with E-state index in [0.717, 1.165) is 24.8 Å². The molecule has 0 bridgehead atoms. The third-order valence-electron chi connectivity index (χ3n) is 2.95. The molecule has 1 aromatic carbocycles. The van der Waals surface area contributed by atoms with Gasteiger partial charge in [0.2, 0.25) is 0 Å². The van der Waals surface area contributed by atoms with E-state index >= 15 is 0 Å². The highest BCUT2D eigenvalue weighted by Gasteiger charge is 2.18. The fraction of sp³-hybridized carbons (Fsp3) is 0.533. The average Bonchev–Trinajstić information content (AvgIpc) is 2.38. The monoisotopic (exact) mass is 268 g/mol. The summed E-state index contributed by atoms with van der Waals surface area (Å²) in [7, 11) is 0. The van der Waals surface area contributed by atoms with Crippen LogP contribution >= 0.6 is 11.6 Å². The second-order valence-electron chi connectivity index (χ2n) is 4.60. The standard InChI is InChI=1S/C15H21ClO2/c1-2-6-14(16)15(18)11-13(17)10-9-12-7-4-3-5-8-12/h3-5,7-8,14-15,18H,2,6,9-11H2,1H3/t14-,15+/m0/s1. The smallest absolute Gasteiger partial charge is 0.135 e. The fourth-order valence-electron chi connectivity index (χ4n) is 1.86. The number of aryl methyl sites for hydroxylation is 1. The van der Waals surface area contributed by atoms with Crippen LogP contribution in [0.5, 0.6) is 0 Å². The number of Topliss-reactive ketones (excluding diaryl/α,β-unsaturated/α-hetero) is 1. The van der Waals surface area contributed by atoms with E-state index in [4.69, 9.17) is 11.6 Å². The summed E-state index contributed by atoms with van der Waals surface area (Å²) in [6.45, 7) is 2.01. The zero-order valence-corrected chi connectivity index (χ0v) is 11.6. The Morgan fingerprint density at radius 1 is 1.33 bits per heavy atom. The lowest BCUT2D eigenvalue weighted by Crippen LogP contribution is -2.24. The highest BCUT2D eigenvalue weighted by atomic mass is 35.5. The molecule has 0 saturated heterocycles. The highest BCUT2D eigenvalue weighted by molar-refractivity contribution is 6.21. The molecule has 2 atom stereocenters. The van der Waals surface area contributed by atoms with Crippen LogP contribution in [0.1, 0.15) is 38.2 Å². The van der Waals surface area contributed by atoms with E-state index in [1.165, 1.54) is 0 Å². The van der Waals surface area contributed by atoms with E-state index in [9.17, 15) is 9.90 Å². The molecule has 0 amide bonds. The SMILES string of the molecule is CCC[C@H](Cl)[C@H](O)CC(=O)CCc1ccccc1. The third-order valence-corrected chi connectivity index (χ3v) is 3.46. The molecule has 2 nitrogen and oxygen atoms in total. The maximum atomic E-state index is 11.7. The number of carbonyl (C=O) groups is 1. The van der Waals surface area contributed by atoms with Gasteiger partial charge in [0.15, 0.2) is 0 Å². The minimum Gasteiger partial charge on any atom is -0.391 e. The number of aliphatic hydroxyl groups is 1. The number of hydrogen-bond donors (Lipinski definition) is 1. The number of rotatable bonds is 8. The summed E-state index contributed by atoms with van der Waals surface area (Å²) in [6.07, 6.45) is 2.32. The van der Waals surface area contributed by atoms with Gasteiger partial charge in [-0.3, -0.25) is 4.79 Å². The molecule has 1 N–H and O–H groups in total. The summed E-state index contributed by atoms with van der Waals surface area (Å²) < 4.78 is 0.